The van der Waals surface area contributed by atoms with Gasteiger partial charge in [-0.15, -0.1) is 6.58 Å². The number of hydrogen-bond donors (Lipinski definition) is 1. The number of nitrogens with zero attached hydrogens (tertiary/aromatic N) is 2. The molecule has 6 nitrogen and oxygen atoms in total. The summed E-state index contributed by atoms with van der Waals surface area (Å²) < 4.78 is 0.498. The number of carbonyl (C=O) groups excluding carboxylic acids is 1. The van der Waals surface area contributed by atoms with Crippen LogP contribution in [0.15, 0.2) is 29.3 Å². The minimum atomic E-state index is -0.527. The Balaban J connectivity index is 3.21. The van der Waals surface area contributed by atoms with Crippen LogP contribution in [0, 0.1) is 17.0 Å². The molecule has 0 aliphatic rings. The summed E-state index contributed by atoms with van der Waals surface area (Å²) >= 11 is 3.22. The van der Waals surface area contributed by atoms with Gasteiger partial charge in [-0.05, 0) is 13.0 Å². The highest BCUT2D eigenvalue weighted by Crippen LogP contribution is 2.28. The van der Waals surface area contributed by atoms with Crippen LogP contribution in [0.1, 0.15) is 15.9 Å². The molecule has 0 bridgehead atoms. The minimum absolute atomic E-state index is 0.120. The normalized spacial score (nSPS) is 10.2. The monoisotopic (exact) mass is 342 g/mol. The Labute approximate surface area is 125 Å². The minimum Gasteiger partial charge on any atom is -0.395 e. The van der Waals surface area contributed by atoms with Gasteiger partial charge in [0, 0.05) is 34.8 Å². The molecule has 0 radical (unpaired) electrons. The fourth-order valence-electron chi connectivity index (χ4n) is 1.71. The molecule has 108 valence electrons. The lowest BCUT2D eigenvalue weighted by atomic mass is 10.1. The van der Waals surface area contributed by atoms with Crippen molar-refractivity contribution in [1.29, 1.82) is 0 Å². The molecule has 0 saturated heterocycles. The highest BCUT2D eigenvalue weighted by atomic mass is 79.9. The summed E-state index contributed by atoms with van der Waals surface area (Å²) in [6, 6.07) is 2.79. The van der Waals surface area contributed by atoms with Crippen LogP contribution in [0.4, 0.5) is 5.69 Å². The van der Waals surface area contributed by atoms with Crippen molar-refractivity contribution in [3.63, 3.8) is 0 Å². The first-order chi connectivity index (χ1) is 9.42. The van der Waals surface area contributed by atoms with E-state index in [9.17, 15) is 14.9 Å². The third-order valence-corrected chi connectivity index (χ3v) is 3.59. The average molecular weight is 343 g/mol. The number of hydrogen-bond acceptors (Lipinski definition) is 4. The first kappa shape index (κ1) is 16.3. The Bertz CT molecular complexity index is 545. The lowest BCUT2D eigenvalue weighted by molar-refractivity contribution is -0.385. The van der Waals surface area contributed by atoms with Crippen molar-refractivity contribution in [2.24, 2.45) is 0 Å². The zero-order valence-corrected chi connectivity index (χ0v) is 12.6. The molecule has 1 N–H and O–H groups in total. The van der Waals surface area contributed by atoms with Crippen LogP contribution >= 0.6 is 15.9 Å². The molecule has 0 heterocycles. The molecule has 0 aliphatic heterocycles. The van der Waals surface area contributed by atoms with Gasteiger partial charge in [-0.25, -0.2) is 0 Å². The first-order valence-corrected chi connectivity index (χ1v) is 6.67. The van der Waals surface area contributed by atoms with E-state index in [4.69, 9.17) is 5.11 Å². The van der Waals surface area contributed by atoms with Gasteiger partial charge in [0.2, 0.25) is 0 Å². The summed E-state index contributed by atoms with van der Waals surface area (Å²) in [6.07, 6.45) is 1.53. The fourth-order valence-corrected chi connectivity index (χ4v) is 2.16. The van der Waals surface area contributed by atoms with Gasteiger partial charge in [-0.3, -0.25) is 14.9 Å². The van der Waals surface area contributed by atoms with Crippen LogP contribution < -0.4 is 0 Å². The fraction of sp³-hybridized carbons (Fsp3) is 0.308. The van der Waals surface area contributed by atoms with Gasteiger partial charge in [-0.2, -0.15) is 0 Å². The average Bonchev–Trinajstić information content (AvgIpc) is 2.40. The highest BCUT2D eigenvalue weighted by molar-refractivity contribution is 9.10. The first-order valence-electron chi connectivity index (χ1n) is 5.88. The number of carbonyl (C=O) groups is 1. The molecule has 1 rings (SSSR count). The summed E-state index contributed by atoms with van der Waals surface area (Å²) in [4.78, 5) is 24.1. The molecular formula is C13H15BrN2O4. The number of amides is 1. The van der Waals surface area contributed by atoms with Crippen molar-refractivity contribution < 1.29 is 14.8 Å². The summed E-state index contributed by atoms with van der Waals surface area (Å²) in [5.41, 5.74) is 0.540. The highest BCUT2D eigenvalue weighted by Gasteiger charge is 2.21. The van der Waals surface area contributed by atoms with E-state index in [0.29, 0.717) is 10.0 Å². The van der Waals surface area contributed by atoms with Crippen molar-refractivity contribution in [3.8, 4) is 0 Å². The van der Waals surface area contributed by atoms with Crippen LogP contribution in [0.25, 0.3) is 0 Å². The van der Waals surface area contributed by atoms with E-state index in [1.165, 1.54) is 23.1 Å². The van der Waals surface area contributed by atoms with E-state index >= 15 is 0 Å². The SMILES string of the molecule is C=CCN(CCO)C(=O)c1cc(Br)c(C)c([N+](=O)[O-])c1. The van der Waals surface area contributed by atoms with Gasteiger partial charge in [0.1, 0.15) is 0 Å². The van der Waals surface area contributed by atoms with Crippen molar-refractivity contribution in [2.75, 3.05) is 19.7 Å². The molecule has 1 aromatic carbocycles. The van der Waals surface area contributed by atoms with Gasteiger partial charge < -0.3 is 10.0 Å². The lowest BCUT2D eigenvalue weighted by Crippen LogP contribution is -2.33. The Morgan fingerprint density at radius 3 is 2.75 bits per heavy atom. The summed E-state index contributed by atoms with van der Waals surface area (Å²) in [5, 5.41) is 19.9. The maximum atomic E-state index is 12.3. The molecule has 0 aliphatic carbocycles. The summed E-state index contributed by atoms with van der Waals surface area (Å²) in [6.45, 7) is 5.37. The zero-order chi connectivity index (χ0) is 15.3. The van der Waals surface area contributed by atoms with Crippen molar-refractivity contribution in [1.82, 2.24) is 4.90 Å². The zero-order valence-electron chi connectivity index (χ0n) is 11.0. The second kappa shape index (κ2) is 7.16. The maximum Gasteiger partial charge on any atom is 0.274 e. The molecule has 0 fully saturated rings. The Kier molecular flexibility index (Phi) is 5.84. The van der Waals surface area contributed by atoms with Gasteiger partial charge in [0.25, 0.3) is 11.6 Å². The number of aliphatic hydroxyl groups excluding tert-OH is 1. The van der Waals surface area contributed by atoms with Gasteiger partial charge in [0.15, 0.2) is 0 Å². The van der Waals surface area contributed by atoms with Crippen LogP contribution in [0.5, 0.6) is 0 Å². The standard InChI is InChI=1S/C13H15BrN2O4/c1-3-4-15(5-6-17)13(18)10-7-11(14)9(2)12(8-10)16(19)20/h3,7-8,17H,1,4-6H2,2H3. The molecule has 7 heteroatoms. The van der Waals surface area contributed by atoms with Crippen LogP contribution in [0.3, 0.4) is 0 Å². The van der Waals surface area contributed by atoms with Crippen LogP contribution in [0.2, 0.25) is 0 Å². The predicted octanol–water partition coefficient (Wildman–Crippen LogP) is 2.29. The lowest BCUT2D eigenvalue weighted by Gasteiger charge is -2.20. The molecule has 0 aromatic heterocycles. The third-order valence-electron chi connectivity index (χ3n) is 2.77. The maximum absolute atomic E-state index is 12.3. The smallest absolute Gasteiger partial charge is 0.274 e. The molecular weight excluding hydrogens is 328 g/mol. The predicted molar refractivity (Wildman–Crippen MR) is 78.7 cm³/mol. The molecule has 20 heavy (non-hydrogen) atoms. The number of nitro benzene ring substituents is 1. The second-order valence-electron chi connectivity index (χ2n) is 4.12. The van der Waals surface area contributed by atoms with Crippen molar-refractivity contribution >= 4 is 27.5 Å². The summed E-state index contributed by atoms with van der Waals surface area (Å²) in [5.74, 6) is -0.386. The van der Waals surface area contributed by atoms with Crippen molar-refractivity contribution in [3.05, 3.63) is 50.5 Å². The van der Waals surface area contributed by atoms with E-state index in [1.807, 2.05) is 0 Å². The van der Waals surface area contributed by atoms with Crippen LogP contribution in [-0.2, 0) is 0 Å². The van der Waals surface area contributed by atoms with E-state index in [1.54, 1.807) is 6.92 Å². The molecule has 1 aromatic rings. The number of rotatable bonds is 6. The number of aliphatic hydroxyl groups is 1. The second-order valence-corrected chi connectivity index (χ2v) is 4.98. The number of nitro groups is 1. The molecule has 0 spiro atoms. The van der Waals surface area contributed by atoms with Crippen LogP contribution in [-0.4, -0.2) is 40.5 Å². The summed E-state index contributed by atoms with van der Waals surface area (Å²) in [7, 11) is 0. The quantitative estimate of drug-likeness (QED) is 0.488. The third kappa shape index (κ3) is 3.64. The Morgan fingerprint density at radius 1 is 1.60 bits per heavy atom. The molecule has 1 amide bonds. The van der Waals surface area contributed by atoms with Crippen molar-refractivity contribution in [2.45, 2.75) is 6.92 Å². The Morgan fingerprint density at radius 2 is 2.25 bits per heavy atom. The van der Waals surface area contributed by atoms with Gasteiger partial charge >= 0.3 is 0 Å². The molecule has 0 atom stereocenters. The van der Waals surface area contributed by atoms with E-state index in [2.05, 4.69) is 22.5 Å². The van der Waals surface area contributed by atoms with Gasteiger partial charge in [-0.1, -0.05) is 22.0 Å². The molecule has 0 saturated carbocycles. The van der Waals surface area contributed by atoms with E-state index in [0.717, 1.165) is 0 Å². The number of benzene rings is 1. The largest absolute Gasteiger partial charge is 0.395 e. The molecule has 0 unspecified atom stereocenters. The van der Waals surface area contributed by atoms with Gasteiger partial charge in [0.05, 0.1) is 11.5 Å². The van der Waals surface area contributed by atoms with E-state index < -0.39 is 4.92 Å². The van der Waals surface area contributed by atoms with E-state index in [-0.39, 0.29) is 36.9 Å². The topological polar surface area (TPSA) is 83.7 Å². The Hall–Kier alpha value is -1.73. The number of halogens is 1.